The van der Waals surface area contributed by atoms with Gasteiger partial charge >= 0.3 is 0 Å². The second-order valence-electron chi connectivity index (χ2n) is 7.67. The molecule has 2 saturated carbocycles. The number of pyridine rings is 1. The minimum Gasteiger partial charge on any atom is -0.335 e. The Balaban J connectivity index is 1.50. The highest BCUT2D eigenvalue weighted by Gasteiger charge is 2.43. The normalized spacial score (nSPS) is 36.9. The van der Waals surface area contributed by atoms with Crippen molar-refractivity contribution in [2.75, 3.05) is 6.54 Å². The van der Waals surface area contributed by atoms with E-state index in [0.717, 1.165) is 32.2 Å². The quantitative estimate of drug-likeness (QED) is 0.913. The zero-order valence-corrected chi connectivity index (χ0v) is 13.7. The van der Waals surface area contributed by atoms with Gasteiger partial charge in [0.2, 0.25) is 5.91 Å². The lowest BCUT2D eigenvalue weighted by Gasteiger charge is -2.44. The van der Waals surface area contributed by atoms with E-state index in [1.807, 2.05) is 12.3 Å². The second kappa shape index (κ2) is 6.23. The summed E-state index contributed by atoms with van der Waals surface area (Å²) >= 11 is 0. The molecule has 2 aliphatic carbocycles. The lowest BCUT2D eigenvalue weighted by atomic mass is 9.65. The molecule has 0 radical (unpaired) electrons. The van der Waals surface area contributed by atoms with Crippen molar-refractivity contribution in [3.63, 3.8) is 0 Å². The smallest absolute Gasteiger partial charge is 0.226 e. The first kappa shape index (κ1) is 15.1. The summed E-state index contributed by atoms with van der Waals surface area (Å²) in [4.78, 5) is 19.6. The first-order chi connectivity index (χ1) is 11.2. The number of nitrogens with two attached hydrogens (primary N) is 1. The molecule has 23 heavy (non-hydrogen) atoms. The van der Waals surface area contributed by atoms with Crippen LogP contribution in [0, 0.1) is 17.8 Å². The molecule has 2 heterocycles. The number of rotatable bonds is 2. The molecular formula is C19H27N3O. The van der Waals surface area contributed by atoms with Crippen LogP contribution >= 0.6 is 0 Å². The van der Waals surface area contributed by atoms with Crippen molar-refractivity contribution in [2.24, 2.45) is 23.5 Å². The Hall–Kier alpha value is -1.42. The highest BCUT2D eigenvalue weighted by molar-refractivity contribution is 5.80. The molecule has 3 unspecified atom stereocenters. The fourth-order valence-corrected chi connectivity index (χ4v) is 5.18. The standard InChI is InChI=1S/C19H27N3O/c20-18-13-4-1-5-14(18)11-16(10-13)19(23)22-9-3-7-17(22)15-6-2-8-21-12-15/h2,6,8,12-14,16-18H,1,3-5,7,9-11,20H2. The van der Waals surface area contributed by atoms with E-state index >= 15 is 0 Å². The Bertz CT molecular complexity index is 547. The Morgan fingerprint density at radius 3 is 2.65 bits per heavy atom. The molecule has 3 fully saturated rings. The zero-order chi connectivity index (χ0) is 15.8. The minimum atomic E-state index is 0.197. The van der Waals surface area contributed by atoms with Gasteiger partial charge in [-0.2, -0.15) is 0 Å². The van der Waals surface area contributed by atoms with Crippen LogP contribution in [0.1, 0.15) is 56.6 Å². The molecule has 1 saturated heterocycles. The van der Waals surface area contributed by atoms with E-state index < -0.39 is 0 Å². The molecule has 124 valence electrons. The molecule has 4 nitrogen and oxygen atoms in total. The average Bonchev–Trinajstić information content (AvgIpc) is 3.04. The van der Waals surface area contributed by atoms with Crippen molar-refractivity contribution < 1.29 is 4.79 Å². The van der Waals surface area contributed by atoms with Crippen LogP contribution in [0.4, 0.5) is 0 Å². The summed E-state index contributed by atoms with van der Waals surface area (Å²) in [5.74, 6) is 1.70. The SMILES string of the molecule is NC1C2CCCC1CC(C(=O)N1CCCC1c1cccnc1)C2. The van der Waals surface area contributed by atoms with Crippen LogP contribution in [-0.4, -0.2) is 28.4 Å². The highest BCUT2D eigenvalue weighted by Crippen LogP contribution is 2.44. The molecule has 0 aromatic carbocycles. The van der Waals surface area contributed by atoms with Gasteiger partial charge in [-0.1, -0.05) is 12.5 Å². The first-order valence-corrected chi connectivity index (χ1v) is 9.20. The molecule has 1 aromatic rings. The van der Waals surface area contributed by atoms with Crippen molar-refractivity contribution in [1.82, 2.24) is 9.88 Å². The fourth-order valence-electron chi connectivity index (χ4n) is 5.18. The maximum atomic E-state index is 13.2. The monoisotopic (exact) mass is 313 g/mol. The highest BCUT2D eigenvalue weighted by atomic mass is 16.2. The van der Waals surface area contributed by atoms with Crippen LogP contribution in [-0.2, 0) is 4.79 Å². The van der Waals surface area contributed by atoms with Crippen LogP contribution < -0.4 is 5.73 Å². The van der Waals surface area contributed by atoms with Crippen molar-refractivity contribution in [3.8, 4) is 0 Å². The largest absolute Gasteiger partial charge is 0.335 e. The third-order valence-corrected chi connectivity index (χ3v) is 6.37. The topological polar surface area (TPSA) is 59.2 Å². The van der Waals surface area contributed by atoms with Gasteiger partial charge in [0.1, 0.15) is 0 Å². The maximum Gasteiger partial charge on any atom is 0.226 e. The lowest BCUT2D eigenvalue weighted by molar-refractivity contribution is -0.139. The predicted octanol–water partition coefficient (Wildman–Crippen LogP) is 2.90. The number of aromatic nitrogens is 1. The molecule has 4 heteroatoms. The predicted molar refractivity (Wildman–Crippen MR) is 89.5 cm³/mol. The third-order valence-electron chi connectivity index (χ3n) is 6.37. The van der Waals surface area contributed by atoms with Crippen LogP contribution in [0.15, 0.2) is 24.5 Å². The number of nitrogens with zero attached hydrogens (tertiary/aromatic N) is 2. The van der Waals surface area contributed by atoms with Crippen molar-refractivity contribution >= 4 is 5.91 Å². The van der Waals surface area contributed by atoms with Crippen LogP contribution in [0.2, 0.25) is 0 Å². The number of likely N-dealkylation sites (tertiary alicyclic amines) is 1. The first-order valence-electron chi connectivity index (χ1n) is 9.20. The number of fused-ring (bicyclic) bond motifs is 2. The minimum absolute atomic E-state index is 0.197. The van der Waals surface area contributed by atoms with Gasteiger partial charge < -0.3 is 10.6 Å². The van der Waals surface area contributed by atoms with Crippen LogP contribution in [0.5, 0.6) is 0 Å². The van der Waals surface area contributed by atoms with E-state index in [-0.39, 0.29) is 12.0 Å². The van der Waals surface area contributed by atoms with Gasteiger partial charge in [-0.05, 0) is 62.0 Å². The maximum absolute atomic E-state index is 13.2. The Morgan fingerprint density at radius 1 is 1.17 bits per heavy atom. The van der Waals surface area contributed by atoms with E-state index in [1.54, 1.807) is 6.20 Å². The van der Waals surface area contributed by atoms with Gasteiger partial charge in [-0.3, -0.25) is 9.78 Å². The van der Waals surface area contributed by atoms with E-state index in [0.29, 0.717) is 23.8 Å². The Kier molecular flexibility index (Phi) is 4.10. The van der Waals surface area contributed by atoms with Crippen molar-refractivity contribution in [1.29, 1.82) is 0 Å². The molecule has 0 spiro atoms. The lowest BCUT2D eigenvalue weighted by Crippen LogP contribution is -2.49. The molecule has 4 rings (SSSR count). The van der Waals surface area contributed by atoms with Gasteiger partial charge in [-0.15, -0.1) is 0 Å². The Labute approximate surface area is 138 Å². The molecule has 3 aliphatic rings. The molecular weight excluding hydrogens is 286 g/mol. The van der Waals surface area contributed by atoms with Crippen LogP contribution in [0.3, 0.4) is 0 Å². The molecule has 2 bridgehead atoms. The number of carbonyl (C=O) groups excluding carboxylic acids is 1. The molecule has 2 N–H and O–H groups in total. The number of carbonyl (C=O) groups is 1. The van der Waals surface area contributed by atoms with Crippen molar-refractivity contribution in [2.45, 2.75) is 57.0 Å². The fraction of sp³-hybridized carbons (Fsp3) is 0.684. The van der Waals surface area contributed by atoms with E-state index in [2.05, 4.69) is 16.0 Å². The number of hydrogen-bond donors (Lipinski definition) is 1. The van der Waals surface area contributed by atoms with Crippen LogP contribution in [0.25, 0.3) is 0 Å². The molecule has 1 aromatic heterocycles. The third kappa shape index (κ3) is 2.78. The summed E-state index contributed by atoms with van der Waals surface area (Å²) in [5, 5.41) is 0. The summed E-state index contributed by atoms with van der Waals surface area (Å²) < 4.78 is 0. The summed E-state index contributed by atoms with van der Waals surface area (Å²) in [6, 6.07) is 4.64. The van der Waals surface area contributed by atoms with Crippen molar-refractivity contribution in [3.05, 3.63) is 30.1 Å². The Morgan fingerprint density at radius 2 is 1.96 bits per heavy atom. The van der Waals surface area contributed by atoms with Gasteiger partial charge in [0, 0.05) is 30.9 Å². The molecule has 1 amide bonds. The number of amides is 1. The van der Waals surface area contributed by atoms with Gasteiger partial charge in [0.25, 0.3) is 0 Å². The van der Waals surface area contributed by atoms with E-state index in [9.17, 15) is 4.79 Å². The van der Waals surface area contributed by atoms with Gasteiger partial charge in [0.05, 0.1) is 6.04 Å². The number of hydrogen-bond acceptors (Lipinski definition) is 3. The molecule has 1 aliphatic heterocycles. The average molecular weight is 313 g/mol. The summed E-state index contributed by atoms with van der Waals surface area (Å²) in [7, 11) is 0. The molecule has 3 atom stereocenters. The van der Waals surface area contributed by atoms with E-state index in [4.69, 9.17) is 5.73 Å². The van der Waals surface area contributed by atoms with Gasteiger partial charge in [0.15, 0.2) is 0 Å². The summed E-state index contributed by atoms with van der Waals surface area (Å²) in [6.45, 7) is 0.899. The zero-order valence-electron chi connectivity index (χ0n) is 13.7. The van der Waals surface area contributed by atoms with Gasteiger partial charge in [-0.25, -0.2) is 0 Å². The summed E-state index contributed by atoms with van der Waals surface area (Å²) in [5.41, 5.74) is 7.57. The second-order valence-corrected chi connectivity index (χ2v) is 7.67. The summed E-state index contributed by atoms with van der Waals surface area (Å²) in [6.07, 6.45) is 11.6. The van der Waals surface area contributed by atoms with E-state index in [1.165, 1.54) is 24.8 Å².